The third-order valence-corrected chi connectivity index (χ3v) is 4.66. The highest BCUT2D eigenvalue weighted by Gasteiger charge is 2.54. The molecule has 0 aromatic rings. The largest absolute Gasteiger partial charge is 0.350 e. The van der Waals surface area contributed by atoms with Crippen molar-refractivity contribution in [3.63, 3.8) is 0 Å². The first-order valence-electron chi connectivity index (χ1n) is 6.65. The fourth-order valence-electron chi connectivity index (χ4n) is 3.79. The lowest BCUT2D eigenvalue weighted by Gasteiger charge is -2.51. The molecular formula is C14H23N3S2. The summed E-state index contributed by atoms with van der Waals surface area (Å²) in [5.41, 5.74) is -0.148. The Hall–Kier alpha value is -0.520. The molecule has 0 bridgehead atoms. The number of nitrogens with one attached hydrogen (secondary N) is 2. The molecule has 0 aliphatic carbocycles. The SMILES string of the molecule is C=CCN1C(=S)NC2(CC(C)(C)NC(C)(C)C2)C1=S. The van der Waals surface area contributed by atoms with Crippen molar-refractivity contribution in [2.45, 2.75) is 57.2 Å². The van der Waals surface area contributed by atoms with Crippen LogP contribution in [0.1, 0.15) is 40.5 Å². The van der Waals surface area contributed by atoms with E-state index in [2.05, 4.69) is 44.9 Å². The molecule has 2 aliphatic heterocycles. The van der Waals surface area contributed by atoms with Gasteiger partial charge in [-0.2, -0.15) is 0 Å². The predicted molar refractivity (Wildman–Crippen MR) is 88.5 cm³/mol. The van der Waals surface area contributed by atoms with E-state index in [0.29, 0.717) is 6.54 Å². The zero-order valence-corrected chi connectivity index (χ0v) is 13.8. The van der Waals surface area contributed by atoms with Crippen molar-refractivity contribution in [2.75, 3.05) is 6.54 Å². The number of nitrogens with zero attached hydrogens (tertiary/aromatic N) is 1. The number of hydrogen-bond donors (Lipinski definition) is 2. The van der Waals surface area contributed by atoms with Gasteiger partial charge in [-0.05, 0) is 52.8 Å². The first-order valence-corrected chi connectivity index (χ1v) is 7.47. The summed E-state index contributed by atoms with van der Waals surface area (Å²) in [6, 6.07) is 0. The fourth-order valence-corrected chi connectivity index (χ4v) is 4.57. The quantitative estimate of drug-likeness (QED) is 0.603. The Bertz CT molecular complexity index is 424. The van der Waals surface area contributed by atoms with E-state index in [1.807, 2.05) is 11.0 Å². The Morgan fingerprint density at radius 1 is 1.21 bits per heavy atom. The Balaban J connectivity index is 2.35. The zero-order chi connectivity index (χ0) is 14.5. The van der Waals surface area contributed by atoms with Crippen LogP contribution in [0.3, 0.4) is 0 Å². The second kappa shape index (κ2) is 4.50. The summed E-state index contributed by atoms with van der Waals surface area (Å²) in [7, 11) is 0. The molecule has 2 fully saturated rings. The van der Waals surface area contributed by atoms with Gasteiger partial charge in [0.15, 0.2) is 5.11 Å². The highest BCUT2D eigenvalue weighted by Crippen LogP contribution is 2.40. The van der Waals surface area contributed by atoms with Crippen molar-refractivity contribution >= 4 is 34.5 Å². The van der Waals surface area contributed by atoms with E-state index in [1.165, 1.54) is 0 Å². The topological polar surface area (TPSA) is 27.3 Å². The average Bonchev–Trinajstić information content (AvgIpc) is 2.38. The van der Waals surface area contributed by atoms with Gasteiger partial charge in [-0.15, -0.1) is 6.58 Å². The minimum Gasteiger partial charge on any atom is -0.350 e. The minimum atomic E-state index is -0.201. The molecule has 0 amide bonds. The van der Waals surface area contributed by atoms with Gasteiger partial charge in [0, 0.05) is 17.6 Å². The van der Waals surface area contributed by atoms with Crippen molar-refractivity contribution in [1.29, 1.82) is 0 Å². The van der Waals surface area contributed by atoms with Crippen LogP contribution in [0.25, 0.3) is 0 Å². The maximum Gasteiger partial charge on any atom is 0.175 e. The number of hydrogen-bond acceptors (Lipinski definition) is 3. The van der Waals surface area contributed by atoms with Crippen LogP contribution in [0.5, 0.6) is 0 Å². The van der Waals surface area contributed by atoms with E-state index in [9.17, 15) is 0 Å². The molecule has 0 atom stereocenters. The summed E-state index contributed by atoms with van der Waals surface area (Å²) in [5, 5.41) is 7.91. The van der Waals surface area contributed by atoms with Gasteiger partial charge in [0.2, 0.25) is 0 Å². The van der Waals surface area contributed by atoms with E-state index in [1.54, 1.807) is 0 Å². The molecule has 106 valence electrons. The van der Waals surface area contributed by atoms with Crippen LogP contribution in [0.2, 0.25) is 0 Å². The van der Waals surface area contributed by atoms with Gasteiger partial charge in [0.25, 0.3) is 0 Å². The highest BCUT2D eigenvalue weighted by molar-refractivity contribution is 7.82. The maximum absolute atomic E-state index is 5.72. The van der Waals surface area contributed by atoms with E-state index < -0.39 is 0 Å². The molecule has 5 heteroatoms. The Morgan fingerprint density at radius 3 is 2.21 bits per heavy atom. The Kier molecular flexibility index (Phi) is 3.52. The third-order valence-electron chi connectivity index (χ3n) is 3.72. The smallest absolute Gasteiger partial charge is 0.175 e. The first-order chi connectivity index (χ1) is 8.61. The van der Waals surface area contributed by atoms with Gasteiger partial charge in [-0.1, -0.05) is 18.3 Å². The van der Waals surface area contributed by atoms with Crippen LogP contribution in [-0.4, -0.2) is 38.2 Å². The molecule has 0 radical (unpaired) electrons. The Labute approximate surface area is 126 Å². The second-order valence-corrected chi connectivity index (χ2v) is 7.74. The molecule has 0 unspecified atom stereocenters. The van der Waals surface area contributed by atoms with Gasteiger partial charge in [0.05, 0.1) is 5.54 Å². The molecule has 2 N–H and O–H groups in total. The first kappa shape index (κ1) is 14.9. The highest BCUT2D eigenvalue weighted by atomic mass is 32.1. The van der Waals surface area contributed by atoms with Crippen LogP contribution in [0.15, 0.2) is 12.7 Å². The van der Waals surface area contributed by atoms with Crippen molar-refractivity contribution < 1.29 is 0 Å². The lowest BCUT2D eigenvalue weighted by atomic mass is 9.71. The van der Waals surface area contributed by atoms with Gasteiger partial charge >= 0.3 is 0 Å². The molecule has 3 nitrogen and oxygen atoms in total. The number of rotatable bonds is 2. The second-order valence-electron chi connectivity index (χ2n) is 6.96. The normalized spacial score (nSPS) is 27.5. The molecule has 2 rings (SSSR count). The molecule has 19 heavy (non-hydrogen) atoms. The van der Waals surface area contributed by atoms with Crippen LogP contribution in [0.4, 0.5) is 0 Å². The summed E-state index contributed by atoms with van der Waals surface area (Å²) in [6.45, 7) is 13.3. The average molecular weight is 297 g/mol. The number of thiocarbonyl (C=S) groups is 2. The van der Waals surface area contributed by atoms with E-state index >= 15 is 0 Å². The predicted octanol–water partition coefficient (Wildman–Crippen LogP) is 2.37. The number of piperidine rings is 1. The lowest BCUT2D eigenvalue weighted by Crippen LogP contribution is -2.68. The summed E-state index contributed by atoms with van der Waals surface area (Å²) < 4.78 is 0. The monoisotopic (exact) mass is 297 g/mol. The van der Waals surface area contributed by atoms with Crippen LogP contribution >= 0.6 is 24.4 Å². The molecule has 0 aromatic heterocycles. The molecule has 2 aliphatic rings. The van der Waals surface area contributed by atoms with Crippen LogP contribution in [-0.2, 0) is 0 Å². The van der Waals surface area contributed by atoms with Gasteiger partial charge in [-0.3, -0.25) is 0 Å². The summed E-state index contributed by atoms with van der Waals surface area (Å²) >= 11 is 11.2. The van der Waals surface area contributed by atoms with Gasteiger partial charge in [0.1, 0.15) is 4.99 Å². The van der Waals surface area contributed by atoms with Crippen molar-refractivity contribution in [3.05, 3.63) is 12.7 Å². The molecular weight excluding hydrogens is 274 g/mol. The van der Waals surface area contributed by atoms with Gasteiger partial charge in [-0.25, -0.2) is 0 Å². The molecule has 2 heterocycles. The summed E-state index contributed by atoms with van der Waals surface area (Å²) in [4.78, 5) is 2.91. The zero-order valence-electron chi connectivity index (χ0n) is 12.2. The van der Waals surface area contributed by atoms with Crippen molar-refractivity contribution in [2.24, 2.45) is 0 Å². The van der Waals surface area contributed by atoms with Crippen molar-refractivity contribution in [1.82, 2.24) is 15.5 Å². The third kappa shape index (κ3) is 2.69. The fraction of sp³-hybridized carbons (Fsp3) is 0.714. The molecule has 0 aromatic carbocycles. The summed E-state index contributed by atoms with van der Waals surface area (Å²) in [5.74, 6) is 0. The van der Waals surface area contributed by atoms with E-state index in [4.69, 9.17) is 24.4 Å². The minimum absolute atomic E-state index is 0.0264. The van der Waals surface area contributed by atoms with Crippen LogP contribution < -0.4 is 10.6 Å². The van der Waals surface area contributed by atoms with Crippen molar-refractivity contribution in [3.8, 4) is 0 Å². The van der Waals surface area contributed by atoms with E-state index in [0.717, 1.165) is 22.9 Å². The summed E-state index contributed by atoms with van der Waals surface area (Å²) in [6.07, 6.45) is 3.72. The molecule has 0 saturated carbocycles. The van der Waals surface area contributed by atoms with E-state index in [-0.39, 0.29) is 16.6 Å². The molecule has 2 saturated heterocycles. The van der Waals surface area contributed by atoms with Crippen LogP contribution in [0, 0.1) is 0 Å². The molecule has 1 spiro atoms. The maximum atomic E-state index is 5.72. The van der Waals surface area contributed by atoms with Gasteiger partial charge < -0.3 is 15.5 Å². The lowest BCUT2D eigenvalue weighted by molar-refractivity contribution is 0.132. The standard InChI is InChI=1S/C14H23N3S2/c1-6-7-17-10(18)14(15-11(17)19)8-12(2,3)16-13(4,5)9-14/h6,16H,1,7-9H2,2-5H3,(H,15,19). The Morgan fingerprint density at radius 2 is 1.74 bits per heavy atom.